The SMILES string of the molecule is Cc1ccc(-c2nc(C)sc2CC(=O)NCc2ccccc2C)cc1. The average Bonchev–Trinajstić information content (AvgIpc) is 2.95. The van der Waals surface area contributed by atoms with Crippen molar-refractivity contribution in [1.29, 1.82) is 0 Å². The van der Waals surface area contributed by atoms with E-state index in [9.17, 15) is 4.79 Å². The highest BCUT2D eigenvalue weighted by atomic mass is 32.1. The Morgan fingerprint density at radius 3 is 2.48 bits per heavy atom. The van der Waals surface area contributed by atoms with Crippen LogP contribution in [0, 0.1) is 20.8 Å². The number of aryl methyl sites for hydroxylation is 3. The summed E-state index contributed by atoms with van der Waals surface area (Å²) >= 11 is 1.59. The molecule has 0 saturated heterocycles. The number of carbonyl (C=O) groups excluding carboxylic acids is 1. The summed E-state index contributed by atoms with van der Waals surface area (Å²) in [6.45, 7) is 6.67. The van der Waals surface area contributed by atoms with Gasteiger partial charge >= 0.3 is 0 Å². The molecule has 1 N–H and O–H groups in total. The van der Waals surface area contributed by atoms with Crippen molar-refractivity contribution in [3.8, 4) is 11.3 Å². The van der Waals surface area contributed by atoms with Gasteiger partial charge in [-0.15, -0.1) is 11.3 Å². The Hall–Kier alpha value is -2.46. The van der Waals surface area contributed by atoms with Crippen molar-refractivity contribution in [3.63, 3.8) is 0 Å². The molecule has 3 nitrogen and oxygen atoms in total. The predicted molar refractivity (Wildman–Crippen MR) is 104 cm³/mol. The molecule has 128 valence electrons. The van der Waals surface area contributed by atoms with Gasteiger partial charge in [0, 0.05) is 17.0 Å². The molecule has 1 aromatic heterocycles. The van der Waals surface area contributed by atoms with E-state index in [1.807, 2.05) is 25.1 Å². The molecule has 0 bridgehead atoms. The number of carbonyl (C=O) groups is 1. The summed E-state index contributed by atoms with van der Waals surface area (Å²) in [7, 11) is 0. The standard InChI is InChI=1S/C21H22N2OS/c1-14-8-10-17(11-9-14)21-19(25-16(3)23-21)12-20(24)22-13-18-7-5-4-6-15(18)2/h4-11H,12-13H2,1-3H3,(H,22,24). The first kappa shape index (κ1) is 17.4. The zero-order valence-electron chi connectivity index (χ0n) is 14.8. The maximum Gasteiger partial charge on any atom is 0.225 e. The highest BCUT2D eigenvalue weighted by Gasteiger charge is 2.14. The van der Waals surface area contributed by atoms with E-state index in [2.05, 4.69) is 54.5 Å². The topological polar surface area (TPSA) is 42.0 Å². The molecule has 0 aliphatic carbocycles. The first-order valence-corrected chi connectivity index (χ1v) is 9.19. The minimum Gasteiger partial charge on any atom is -0.352 e. The highest BCUT2D eigenvalue weighted by Crippen LogP contribution is 2.28. The van der Waals surface area contributed by atoms with Crippen molar-refractivity contribution >= 4 is 17.2 Å². The van der Waals surface area contributed by atoms with E-state index in [-0.39, 0.29) is 5.91 Å². The number of rotatable bonds is 5. The Balaban J connectivity index is 1.71. The maximum absolute atomic E-state index is 12.4. The lowest BCUT2D eigenvalue weighted by atomic mass is 10.1. The normalized spacial score (nSPS) is 10.7. The van der Waals surface area contributed by atoms with Crippen LogP contribution in [0.1, 0.15) is 26.6 Å². The molecular formula is C21H22N2OS. The van der Waals surface area contributed by atoms with Gasteiger partial charge in [0.05, 0.1) is 17.1 Å². The summed E-state index contributed by atoms with van der Waals surface area (Å²) in [5.41, 5.74) is 5.55. The van der Waals surface area contributed by atoms with Gasteiger partial charge in [0.1, 0.15) is 0 Å². The third kappa shape index (κ3) is 4.34. The summed E-state index contributed by atoms with van der Waals surface area (Å²) < 4.78 is 0. The summed E-state index contributed by atoms with van der Waals surface area (Å²) in [5, 5.41) is 4.01. The van der Waals surface area contributed by atoms with Crippen molar-refractivity contribution < 1.29 is 4.79 Å². The molecule has 25 heavy (non-hydrogen) atoms. The maximum atomic E-state index is 12.4. The lowest BCUT2D eigenvalue weighted by Gasteiger charge is -2.08. The fourth-order valence-electron chi connectivity index (χ4n) is 2.74. The van der Waals surface area contributed by atoms with Gasteiger partial charge in [0.2, 0.25) is 5.91 Å². The van der Waals surface area contributed by atoms with Crippen LogP contribution in [-0.4, -0.2) is 10.9 Å². The zero-order chi connectivity index (χ0) is 17.8. The van der Waals surface area contributed by atoms with Crippen molar-refractivity contribution in [3.05, 3.63) is 75.1 Å². The largest absolute Gasteiger partial charge is 0.352 e. The van der Waals surface area contributed by atoms with E-state index in [4.69, 9.17) is 0 Å². The Kier molecular flexibility index (Phi) is 5.29. The summed E-state index contributed by atoms with van der Waals surface area (Å²) in [5.74, 6) is 0.0280. The van der Waals surface area contributed by atoms with Crippen molar-refractivity contribution in [2.45, 2.75) is 33.7 Å². The lowest BCUT2D eigenvalue weighted by molar-refractivity contribution is -0.120. The van der Waals surface area contributed by atoms with E-state index in [0.29, 0.717) is 13.0 Å². The zero-order valence-corrected chi connectivity index (χ0v) is 15.6. The second kappa shape index (κ2) is 7.62. The average molecular weight is 350 g/mol. The monoisotopic (exact) mass is 350 g/mol. The Morgan fingerprint density at radius 2 is 1.76 bits per heavy atom. The van der Waals surface area contributed by atoms with Crippen LogP contribution in [0.3, 0.4) is 0 Å². The third-order valence-corrected chi connectivity index (χ3v) is 5.16. The molecule has 0 saturated carbocycles. The number of hydrogen-bond donors (Lipinski definition) is 1. The van der Waals surface area contributed by atoms with Crippen molar-refractivity contribution in [2.75, 3.05) is 0 Å². The Morgan fingerprint density at radius 1 is 1.04 bits per heavy atom. The van der Waals surface area contributed by atoms with E-state index >= 15 is 0 Å². The minimum absolute atomic E-state index is 0.0280. The van der Waals surface area contributed by atoms with E-state index in [1.165, 1.54) is 11.1 Å². The second-order valence-corrected chi connectivity index (χ2v) is 7.54. The van der Waals surface area contributed by atoms with Gasteiger partial charge in [0.15, 0.2) is 0 Å². The number of nitrogens with zero attached hydrogens (tertiary/aromatic N) is 1. The quantitative estimate of drug-likeness (QED) is 0.731. The van der Waals surface area contributed by atoms with Gasteiger partial charge in [-0.05, 0) is 31.9 Å². The van der Waals surface area contributed by atoms with Crippen LogP contribution in [0.4, 0.5) is 0 Å². The van der Waals surface area contributed by atoms with E-state index in [0.717, 1.165) is 26.7 Å². The van der Waals surface area contributed by atoms with Crippen LogP contribution in [0.15, 0.2) is 48.5 Å². The number of hydrogen-bond acceptors (Lipinski definition) is 3. The molecule has 2 aromatic carbocycles. The molecule has 0 atom stereocenters. The summed E-state index contributed by atoms with van der Waals surface area (Å²) in [4.78, 5) is 18.1. The number of thiazole rings is 1. The van der Waals surface area contributed by atoms with Crippen LogP contribution in [0.5, 0.6) is 0 Å². The first-order chi connectivity index (χ1) is 12.0. The molecule has 3 aromatic rings. The molecule has 0 unspecified atom stereocenters. The molecule has 0 radical (unpaired) electrons. The Labute approximate surface area is 152 Å². The van der Waals surface area contributed by atoms with Gasteiger partial charge in [-0.2, -0.15) is 0 Å². The molecule has 0 aliphatic heterocycles. The van der Waals surface area contributed by atoms with Crippen LogP contribution in [-0.2, 0) is 17.8 Å². The van der Waals surface area contributed by atoms with Crippen LogP contribution in [0.25, 0.3) is 11.3 Å². The van der Waals surface area contributed by atoms with Gasteiger partial charge in [-0.1, -0.05) is 54.1 Å². The number of nitrogens with one attached hydrogen (secondary N) is 1. The van der Waals surface area contributed by atoms with Crippen LogP contribution in [0.2, 0.25) is 0 Å². The molecule has 0 aliphatic rings. The summed E-state index contributed by atoms with van der Waals surface area (Å²) in [6, 6.07) is 16.4. The number of amides is 1. The van der Waals surface area contributed by atoms with Crippen molar-refractivity contribution in [1.82, 2.24) is 10.3 Å². The molecule has 1 amide bonds. The highest BCUT2D eigenvalue weighted by molar-refractivity contribution is 7.12. The molecule has 1 heterocycles. The lowest BCUT2D eigenvalue weighted by Crippen LogP contribution is -2.24. The minimum atomic E-state index is 0.0280. The summed E-state index contributed by atoms with van der Waals surface area (Å²) in [6.07, 6.45) is 0.362. The van der Waals surface area contributed by atoms with Gasteiger partial charge < -0.3 is 5.32 Å². The van der Waals surface area contributed by atoms with Gasteiger partial charge in [-0.3, -0.25) is 4.79 Å². The molecule has 4 heteroatoms. The molecule has 0 fully saturated rings. The second-order valence-electron chi connectivity index (χ2n) is 6.25. The smallest absolute Gasteiger partial charge is 0.225 e. The predicted octanol–water partition coefficient (Wildman–Crippen LogP) is 4.59. The molecular weight excluding hydrogens is 328 g/mol. The molecule has 3 rings (SSSR count). The fourth-order valence-corrected chi connectivity index (χ4v) is 3.69. The van der Waals surface area contributed by atoms with Crippen molar-refractivity contribution in [2.24, 2.45) is 0 Å². The van der Waals surface area contributed by atoms with E-state index < -0.39 is 0 Å². The van der Waals surface area contributed by atoms with Crippen LogP contribution < -0.4 is 5.32 Å². The van der Waals surface area contributed by atoms with Gasteiger partial charge in [0.25, 0.3) is 0 Å². The number of benzene rings is 2. The third-order valence-electron chi connectivity index (χ3n) is 4.19. The number of aromatic nitrogens is 1. The molecule has 0 spiro atoms. The van der Waals surface area contributed by atoms with Gasteiger partial charge in [-0.25, -0.2) is 4.98 Å². The van der Waals surface area contributed by atoms with E-state index in [1.54, 1.807) is 11.3 Å². The van der Waals surface area contributed by atoms with Crippen LogP contribution >= 0.6 is 11.3 Å². The first-order valence-electron chi connectivity index (χ1n) is 8.37. The Bertz CT molecular complexity index is 881. The fraction of sp³-hybridized carbons (Fsp3) is 0.238.